The molecular formula is C19H22N6. The van der Waals surface area contributed by atoms with Crippen molar-refractivity contribution in [3.8, 4) is 0 Å². The van der Waals surface area contributed by atoms with Crippen molar-refractivity contribution in [3.63, 3.8) is 0 Å². The monoisotopic (exact) mass is 334 g/mol. The van der Waals surface area contributed by atoms with Crippen molar-refractivity contribution in [2.45, 2.75) is 26.7 Å². The van der Waals surface area contributed by atoms with Crippen molar-refractivity contribution in [2.75, 3.05) is 5.43 Å². The number of hydrogen-bond acceptors (Lipinski definition) is 5. The van der Waals surface area contributed by atoms with E-state index in [-0.39, 0.29) is 0 Å². The number of para-hydroxylation sites is 1. The molecule has 6 heteroatoms. The van der Waals surface area contributed by atoms with Crippen LogP contribution in [-0.4, -0.2) is 26.0 Å². The van der Waals surface area contributed by atoms with Crippen molar-refractivity contribution in [3.05, 3.63) is 35.9 Å². The second kappa shape index (κ2) is 6.27. The lowest BCUT2D eigenvalue weighted by atomic mass is 9.82. The number of aromatic nitrogens is 4. The van der Waals surface area contributed by atoms with E-state index in [9.17, 15) is 0 Å². The molecule has 1 aliphatic carbocycles. The van der Waals surface area contributed by atoms with Crippen LogP contribution in [0.3, 0.4) is 0 Å². The predicted octanol–water partition coefficient (Wildman–Crippen LogP) is 3.91. The molecule has 4 rings (SSSR count). The Labute approximate surface area is 146 Å². The van der Waals surface area contributed by atoms with Gasteiger partial charge in [-0.05, 0) is 31.7 Å². The number of nitrogens with zero attached hydrogens (tertiary/aromatic N) is 5. The van der Waals surface area contributed by atoms with Crippen molar-refractivity contribution < 1.29 is 0 Å². The van der Waals surface area contributed by atoms with Gasteiger partial charge in [-0.25, -0.2) is 5.43 Å². The maximum Gasteiger partial charge on any atom is 0.265 e. The Morgan fingerprint density at radius 1 is 1.28 bits per heavy atom. The molecule has 128 valence electrons. The first-order valence-corrected chi connectivity index (χ1v) is 8.66. The highest BCUT2D eigenvalue weighted by atomic mass is 15.4. The summed E-state index contributed by atoms with van der Waals surface area (Å²) in [6, 6.07) is 8.12. The zero-order valence-electron chi connectivity index (χ0n) is 14.8. The Kier molecular flexibility index (Phi) is 3.95. The third-order valence-electron chi connectivity index (χ3n) is 5.05. The molecule has 0 bridgehead atoms. The van der Waals surface area contributed by atoms with Crippen molar-refractivity contribution >= 4 is 34.2 Å². The van der Waals surface area contributed by atoms with E-state index in [1.54, 1.807) is 0 Å². The van der Waals surface area contributed by atoms with Gasteiger partial charge < -0.3 is 4.57 Å². The van der Waals surface area contributed by atoms with Gasteiger partial charge in [-0.1, -0.05) is 36.8 Å². The highest BCUT2D eigenvalue weighted by Gasteiger charge is 2.19. The van der Waals surface area contributed by atoms with Gasteiger partial charge in [-0.2, -0.15) is 10.1 Å². The third kappa shape index (κ3) is 2.88. The summed E-state index contributed by atoms with van der Waals surface area (Å²) in [6.07, 6.45) is 6.45. The van der Waals surface area contributed by atoms with Crippen LogP contribution in [0.5, 0.6) is 0 Å². The van der Waals surface area contributed by atoms with Gasteiger partial charge in [0.15, 0.2) is 5.65 Å². The van der Waals surface area contributed by atoms with Crippen LogP contribution in [0.2, 0.25) is 0 Å². The van der Waals surface area contributed by atoms with E-state index >= 15 is 0 Å². The molecule has 0 radical (unpaired) electrons. The molecule has 2 atom stereocenters. The number of allylic oxidation sites excluding steroid dienone is 2. The predicted molar refractivity (Wildman–Crippen MR) is 102 cm³/mol. The number of aryl methyl sites for hydroxylation is 1. The normalized spacial score (nSPS) is 21.2. The number of rotatable bonds is 3. The first kappa shape index (κ1) is 15.7. The number of fused-ring (bicyclic) bond motifs is 3. The Morgan fingerprint density at radius 3 is 2.96 bits per heavy atom. The summed E-state index contributed by atoms with van der Waals surface area (Å²) in [7, 11) is 1.99. The maximum absolute atomic E-state index is 4.58. The summed E-state index contributed by atoms with van der Waals surface area (Å²) < 4.78 is 2.03. The molecule has 2 heterocycles. The van der Waals surface area contributed by atoms with Gasteiger partial charge in [0.1, 0.15) is 5.52 Å². The Balaban J connectivity index is 1.57. The molecule has 3 aromatic rings. The summed E-state index contributed by atoms with van der Waals surface area (Å²) >= 11 is 0. The van der Waals surface area contributed by atoms with Gasteiger partial charge in [-0.15, -0.1) is 10.2 Å². The fourth-order valence-electron chi connectivity index (χ4n) is 3.56. The molecule has 0 saturated heterocycles. The van der Waals surface area contributed by atoms with Crippen molar-refractivity contribution in [1.82, 2.24) is 19.7 Å². The molecule has 0 amide bonds. The molecule has 1 N–H and O–H groups in total. The fraction of sp³-hybridized carbons (Fsp3) is 0.368. The summed E-state index contributed by atoms with van der Waals surface area (Å²) in [5, 5.41) is 13.9. The van der Waals surface area contributed by atoms with Gasteiger partial charge in [0.25, 0.3) is 5.95 Å². The first-order valence-electron chi connectivity index (χ1n) is 8.66. The van der Waals surface area contributed by atoms with Crippen LogP contribution in [0.4, 0.5) is 5.95 Å². The molecule has 0 aliphatic heterocycles. The molecule has 6 nitrogen and oxygen atoms in total. The quantitative estimate of drug-likeness (QED) is 0.448. The second-order valence-corrected chi connectivity index (χ2v) is 6.91. The third-order valence-corrected chi connectivity index (χ3v) is 5.05. The van der Waals surface area contributed by atoms with Gasteiger partial charge in [0.2, 0.25) is 0 Å². The van der Waals surface area contributed by atoms with Crippen LogP contribution in [0, 0.1) is 11.8 Å². The fourth-order valence-corrected chi connectivity index (χ4v) is 3.56. The van der Waals surface area contributed by atoms with Crippen molar-refractivity contribution in [2.24, 2.45) is 24.0 Å². The van der Waals surface area contributed by atoms with E-state index in [4.69, 9.17) is 0 Å². The molecule has 25 heavy (non-hydrogen) atoms. The highest BCUT2D eigenvalue weighted by Crippen LogP contribution is 2.28. The van der Waals surface area contributed by atoms with Crippen LogP contribution >= 0.6 is 0 Å². The number of benzene rings is 1. The van der Waals surface area contributed by atoms with Crippen LogP contribution in [0.25, 0.3) is 22.1 Å². The Bertz CT molecular complexity index is 984. The largest absolute Gasteiger partial charge is 0.327 e. The lowest BCUT2D eigenvalue weighted by Gasteiger charge is -2.24. The first-order chi connectivity index (χ1) is 12.1. The SMILES string of the molecule is CC1=CC[C@@H](/C=N\Nc2nnc3c4ccccc4n(C)c3n2)[C@@H](C)C1. The number of hydrazone groups is 1. The van der Waals surface area contributed by atoms with E-state index in [2.05, 4.69) is 51.7 Å². The summed E-state index contributed by atoms with van der Waals surface area (Å²) in [4.78, 5) is 4.58. The Morgan fingerprint density at radius 2 is 2.12 bits per heavy atom. The molecular weight excluding hydrogens is 312 g/mol. The van der Waals surface area contributed by atoms with Gasteiger partial charge in [-0.3, -0.25) is 0 Å². The molecule has 0 unspecified atom stereocenters. The maximum atomic E-state index is 4.58. The molecule has 2 aromatic heterocycles. The van der Waals surface area contributed by atoms with Crippen LogP contribution < -0.4 is 5.43 Å². The van der Waals surface area contributed by atoms with Crippen molar-refractivity contribution in [1.29, 1.82) is 0 Å². The zero-order chi connectivity index (χ0) is 17.4. The van der Waals surface area contributed by atoms with Crippen LogP contribution in [0.15, 0.2) is 41.0 Å². The smallest absolute Gasteiger partial charge is 0.265 e. The molecule has 0 spiro atoms. The molecule has 0 saturated carbocycles. The number of hydrogen-bond donors (Lipinski definition) is 1. The average Bonchev–Trinajstić information content (AvgIpc) is 2.90. The van der Waals surface area contributed by atoms with Gasteiger partial charge in [0.05, 0.1) is 5.52 Å². The molecule has 0 fully saturated rings. The lowest BCUT2D eigenvalue weighted by Crippen LogP contribution is -2.17. The minimum Gasteiger partial charge on any atom is -0.327 e. The minimum absolute atomic E-state index is 0.421. The van der Waals surface area contributed by atoms with Gasteiger partial charge >= 0.3 is 0 Å². The number of anilines is 1. The summed E-state index contributed by atoms with van der Waals surface area (Å²) in [6.45, 7) is 4.47. The van der Waals surface area contributed by atoms with Gasteiger partial charge in [0, 0.05) is 24.6 Å². The van der Waals surface area contributed by atoms with E-state index in [1.807, 2.05) is 36.0 Å². The second-order valence-electron chi connectivity index (χ2n) is 6.91. The lowest BCUT2D eigenvalue weighted by molar-refractivity contribution is 0.438. The number of nitrogens with one attached hydrogen (secondary N) is 1. The van der Waals surface area contributed by atoms with E-state index < -0.39 is 0 Å². The molecule has 1 aromatic carbocycles. The summed E-state index contributed by atoms with van der Waals surface area (Å²) in [5.41, 5.74) is 7.12. The highest BCUT2D eigenvalue weighted by molar-refractivity contribution is 6.04. The van der Waals surface area contributed by atoms with E-state index in [0.29, 0.717) is 17.8 Å². The standard InChI is InChI=1S/C19H22N6/c1-12-8-9-14(13(2)10-12)11-20-23-19-21-18-17(22-24-19)15-6-4-5-7-16(15)25(18)3/h4-8,11,13-14H,9-10H2,1-3H3,(H,21,23,24)/b20-11-/t13-,14-/m0/s1. The average molecular weight is 334 g/mol. The van der Waals surface area contributed by atoms with Crippen LogP contribution in [-0.2, 0) is 7.05 Å². The molecule has 1 aliphatic rings. The summed E-state index contributed by atoms with van der Waals surface area (Å²) in [5.74, 6) is 1.48. The Hall–Kier alpha value is -2.76. The van der Waals surface area contributed by atoms with Crippen LogP contribution in [0.1, 0.15) is 26.7 Å². The zero-order valence-corrected chi connectivity index (χ0v) is 14.8. The van der Waals surface area contributed by atoms with E-state index in [0.717, 1.165) is 34.9 Å². The minimum atomic E-state index is 0.421. The van der Waals surface area contributed by atoms with E-state index in [1.165, 1.54) is 5.57 Å². The topological polar surface area (TPSA) is 68.0 Å².